The Hall–Kier alpha value is -5.29. The zero-order chi connectivity index (χ0) is 30.1. The van der Waals surface area contributed by atoms with Crippen molar-refractivity contribution in [3.63, 3.8) is 0 Å². The lowest BCUT2D eigenvalue weighted by Crippen LogP contribution is -2.52. The molecule has 0 radical (unpaired) electrons. The van der Waals surface area contributed by atoms with E-state index < -0.39 is 83.2 Å². The van der Waals surface area contributed by atoms with Crippen molar-refractivity contribution in [3.05, 3.63) is 125 Å². The van der Waals surface area contributed by atoms with E-state index in [1.54, 1.807) is 30.4 Å². The van der Waals surface area contributed by atoms with E-state index >= 15 is 0 Å². The molecule has 11 heteroatoms. The molecule has 0 saturated heterocycles. The Morgan fingerprint density at radius 1 is 0.905 bits per heavy atom. The predicted molar refractivity (Wildman–Crippen MR) is 153 cm³/mol. The van der Waals surface area contributed by atoms with Crippen LogP contribution in [0.4, 0.5) is 0 Å². The van der Waals surface area contributed by atoms with Gasteiger partial charge in [0.05, 0.1) is 32.9 Å². The number of allylic oxidation sites excluding steroid dienone is 3. The van der Waals surface area contributed by atoms with Crippen molar-refractivity contribution < 1.29 is 25.2 Å². The largest absolute Gasteiger partial charge is 0.510 e. The summed E-state index contributed by atoms with van der Waals surface area (Å²) in [5.74, 6) is -2.63. The van der Waals surface area contributed by atoms with Gasteiger partial charge in [0.25, 0.3) is 5.56 Å². The lowest BCUT2D eigenvalue weighted by atomic mass is 9.78. The minimum atomic E-state index is -1.97. The number of aliphatic hydroxyl groups excluding tert-OH is 3. The molecule has 1 spiro atoms. The number of pyridine rings is 1. The number of benzene rings is 1. The Kier molecular flexibility index (Phi) is 6.01. The van der Waals surface area contributed by atoms with Crippen molar-refractivity contribution in [1.82, 2.24) is 4.98 Å². The number of phenolic OH excluding ortho intramolecular Hbond substituents is 1. The minimum absolute atomic E-state index is 0.0524. The first kappa shape index (κ1) is 26.9. The first-order valence-corrected chi connectivity index (χ1v) is 13.1. The molecule has 6 rings (SSSR count). The Balaban J connectivity index is 1.71. The van der Waals surface area contributed by atoms with Crippen molar-refractivity contribution in [3.8, 4) is 11.5 Å². The van der Waals surface area contributed by atoms with Crippen LogP contribution in [0.5, 0.6) is 11.5 Å². The third-order valence-corrected chi connectivity index (χ3v) is 7.98. The van der Waals surface area contributed by atoms with Crippen molar-refractivity contribution in [1.29, 1.82) is 0 Å². The van der Waals surface area contributed by atoms with Crippen LogP contribution in [0, 0.1) is 10.4 Å². The number of aryl methyl sites for hydroxylation is 1. The van der Waals surface area contributed by atoms with Crippen LogP contribution in [0.25, 0.3) is 28.4 Å². The molecule has 0 aliphatic heterocycles. The first-order chi connectivity index (χ1) is 20.1. The molecule has 1 aromatic heterocycles. The van der Waals surface area contributed by atoms with Gasteiger partial charge in [0.1, 0.15) is 29.3 Å². The highest BCUT2D eigenvalue weighted by Crippen LogP contribution is 2.54. The molecule has 0 bridgehead atoms. The summed E-state index contributed by atoms with van der Waals surface area (Å²) in [4.78, 5) is 68.9. The SMILES string of the molecule is C/C=C/C=C/c1cc2cc3c(c(O)c2c(=O)[nH]1)[C@@]1(CC3)C(O)=c2c(=O)c3c(=O)cc(OCCO)c(=O)c=3c(=O)c2=C1O. The average Bonchev–Trinajstić information content (AvgIpc) is 3.44. The van der Waals surface area contributed by atoms with E-state index in [9.17, 15) is 39.3 Å². The first-order valence-electron chi connectivity index (χ1n) is 13.1. The van der Waals surface area contributed by atoms with Gasteiger partial charge in [0.15, 0.2) is 11.2 Å². The van der Waals surface area contributed by atoms with E-state index in [0.717, 1.165) is 6.07 Å². The number of nitrogens with one attached hydrogen (secondary N) is 1. The second-order valence-electron chi connectivity index (χ2n) is 10.2. The topological polar surface area (TPSA) is 191 Å². The highest BCUT2D eigenvalue weighted by Gasteiger charge is 2.53. The molecule has 1 atom stereocenters. The Morgan fingerprint density at radius 3 is 2.26 bits per heavy atom. The third kappa shape index (κ3) is 3.40. The van der Waals surface area contributed by atoms with Crippen molar-refractivity contribution in [2.24, 2.45) is 0 Å². The summed E-state index contributed by atoms with van der Waals surface area (Å²) < 4.78 is 5.08. The van der Waals surface area contributed by atoms with Crippen LogP contribution in [-0.2, 0) is 11.8 Å². The number of ether oxygens (including phenoxy) is 1. The van der Waals surface area contributed by atoms with Crippen molar-refractivity contribution in [2.45, 2.75) is 25.2 Å². The highest BCUT2D eigenvalue weighted by molar-refractivity contribution is 5.94. The van der Waals surface area contributed by atoms with E-state index in [1.807, 2.05) is 13.0 Å². The summed E-state index contributed by atoms with van der Waals surface area (Å²) in [5.41, 5.74) is -6.14. The molecule has 0 amide bonds. The molecular weight excluding hydrogens is 546 g/mol. The molecule has 1 aromatic carbocycles. The van der Waals surface area contributed by atoms with Gasteiger partial charge in [-0.2, -0.15) is 0 Å². The third-order valence-electron chi connectivity index (χ3n) is 7.98. The van der Waals surface area contributed by atoms with Crippen LogP contribution in [0.1, 0.15) is 30.2 Å². The smallest absolute Gasteiger partial charge is 0.260 e. The lowest BCUT2D eigenvalue weighted by Gasteiger charge is -2.27. The van der Waals surface area contributed by atoms with Gasteiger partial charge in [0.2, 0.25) is 16.3 Å². The second kappa shape index (κ2) is 9.38. The van der Waals surface area contributed by atoms with Gasteiger partial charge in [-0.15, -0.1) is 0 Å². The molecule has 0 unspecified atom stereocenters. The molecule has 1 heterocycles. The second-order valence-corrected chi connectivity index (χ2v) is 10.2. The van der Waals surface area contributed by atoms with Crippen LogP contribution in [0.2, 0.25) is 0 Å². The molecule has 11 nitrogen and oxygen atoms in total. The van der Waals surface area contributed by atoms with Crippen LogP contribution in [-0.4, -0.2) is 38.6 Å². The van der Waals surface area contributed by atoms with Crippen molar-refractivity contribution >= 4 is 28.4 Å². The fourth-order valence-electron chi connectivity index (χ4n) is 6.24. The fraction of sp³-hybridized carbons (Fsp3) is 0.194. The summed E-state index contributed by atoms with van der Waals surface area (Å²) >= 11 is 0. The maximum Gasteiger partial charge on any atom is 0.260 e. The van der Waals surface area contributed by atoms with Gasteiger partial charge >= 0.3 is 0 Å². The molecule has 4 aliphatic carbocycles. The lowest BCUT2D eigenvalue weighted by molar-refractivity contribution is 0.200. The fourth-order valence-corrected chi connectivity index (χ4v) is 6.24. The number of aliphatic hydroxyl groups is 3. The standard InChI is InChI=1S/C31H23NO10/c1-2-3-4-5-15-11-14-10-13-6-7-31(23(13)27(38)18(14)30(41)32-15)28(39)21-22(29(31)40)26(37)20-19(25(21)36)16(34)12-17(24(20)35)42-9-8-33/h2-5,10-12,33,38-40H,6-9H2,1H3,(H,32,41)/b3-2+,5-4+/t31-/m0/s1. The summed E-state index contributed by atoms with van der Waals surface area (Å²) in [6.07, 6.45) is 7.07. The van der Waals surface area contributed by atoms with Gasteiger partial charge in [0, 0.05) is 17.3 Å². The molecule has 4 aliphatic rings. The average molecular weight is 570 g/mol. The number of aromatic nitrogens is 1. The minimum Gasteiger partial charge on any atom is -0.510 e. The molecule has 0 fully saturated rings. The quantitative estimate of drug-likeness (QED) is 0.195. The summed E-state index contributed by atoms with van der Waals surface area (Å²) in [5, 5.41) is 40.9. The Labute approximate surface area is 233 Å². The molecular formula is C31H23NO10. The normalized spacial score (nSPS) is 17.9. The van der Waals surface area contributed by atoms with Gasteiger partial charge in [-0.05, 0) is 42.9 Å². The van der Waals surface area contributed by atoms with Crippen LogP contribution >= 0.6 is 0 Å². The van der Waals surface area contributed by atoms with Crippen LogP contribution in [0.15, 0.2) is 60.4 Å². The van der Waals surface area contributed by atoms with Crippen LogP contribution in [0.3, 0.4) is 0 Å². The maximum atomic E-state index is 13.7. The molecule has 5 N–H and O–H groups in total. The van der Waals surface area contributed by atoms with Gasteiger partial charge in [-0.25, -0.2) is 0 Å². The van der Waals surface area contributed by atoms with E-state index in [1.165, 1.54) is 0 Å². The van der Waals surface area contributed by atoms with Crippen molar-refractivity contribution in [2.75, 3.05) is 13.2 Å². The zero-order valence-corrected chi connectivity index (χ0v) is 22.1. The molecule has 2 aromatic rings. The van der Waals surface area contributed by atoms with Gasteiger partial charge in [-0.1, -0.05) is 24.3 Å². The predicted octanol–water partition coefficient (Wildman–Crippen LogP) is -0.535. The summed E-state index contributed by atoms with van der Waals surface area (Å²) in [6.45, 7) is 1.000. The Morgan fingerprint density at radius 2 is 1.60 bits per heavy atom. The van der Waals surface area contributed by atoms with E-state index in [2.05, 4.69) is 4.98 Å². The van der Waals surface area contributed by atoms with E-state index in [0.29, 0.717) is 16.6 Å². The van der Waals surface area contributed by atoms with E-state index in [4.69, 9.17) is 9.84 Å². The van der Waals surface area contributed by atoms with E-state index in [-0.39, 0.29) is 30.4 Å². The number of H-pyrrole nitrogens is 1. The van der Waals surface area contributed by atoms with Crippen LogP contribution < -0.4 is 42.4 Å². The summed E-state index contributed by atoms with van der Waals surface area (Å²) in [7, 11) is 0. The summed E-state index contributed by atoms with van der Waals surface area (Å²) in [6, 6.07) is 4.02. The zero-order valence-electron chi connectivity index (χ0n) is 22.1. The maximum absolute atomic E-state index is 13.7. The Bertz CT molecular complexity index is 2390. The van der Waals surface area contributed by atoms with Gasteiger partial charge in [-0.3, -0.25) is 24.0 Å². The number of fused-ring (bicyclic) bond motifs is 4. The number of hydrogen-bond acceptors (Lipinski definition) is 10. The molecule has 42 heavy (non-hydrogen) atoms. The monoisotopic (exact) mass is 569 g/mol. The highest BCUT2D eigenvalue weighted by atomic mass is 16.5. The number of aromatic amines is 1. The number of hydrogen-bond donors (Lipinski definition) is 5. The molecule has 0 saturated carbocycles. The number of rotatable bonds is 5. The van der Waals surface area contributed by atoms with Gasteiger partial charge < -0.3 is 30.1 Å². The molecule has 212 valence electrons. The number of aromatic hydroxyl groups is 1. The number of phenols is 1.